The molecule has 0 fully saturated rings. The highest BCUT2D eigenvalue weighted by Crippen LogP contribution is 2.34. The molecule has 0 saturated heterocycles. The fourth-order valence-corrected chi connectivity index (χ4v) is 4.11. The fraction of sp³-hybridized carbons (Fsp3) is 0.185. The highest BCUT2D eigenvalue weighted by Gasteiger charge is 2.32. The Balaban J connectivity index is 1.40. The summed E-state index contributed by atoms with van der Waals surface area (Å²) in [5, 5.41) is 7.52. The summed E-state index contributed by atoms with van der Waals surface area (Å²) >= 11 is 0. The molecule has 166 valence electrons. The number of para-hydroxylation sites is 1. The molecular formula is C27H25N3O3. The van der Waals surface area contributed by atoms with Crippen LogP contribution in [0, 0.1) is 13.8 Å². The lowest BCUT2D eigenvalue weighted by Crippen LogP contribution is -2.42. The smallest absolute Gasteiger partial charge is 0.258 e. The van der Waals surface area contributed by atoms with Gasteiger partial charge >= 0.3 is 0 Å². The molecule has 6 heteroatoms. The van der Waals surface area contributed by atoms with Gasteiger partial charge in [-0.25, -0.2) is 0 Å². The first-order chi connectivity index (χ1) is 16.1. The first-order valence-corrected chi connectivity index (χ1v) is 10.9. The van der Waals surface area contributed by atoms with Gasteiger partial charge < -0.3 is 19.5 Å². The van der Waals surface area contributed by atoms with Crippen molar-refractivity contribution in [3.05, 3.63) is 113 Å². The van der Waals surface area contributed by atoms with Crippen LogP contribution in [0.1, 0.15) is 44.7 Å². The number of carbonyl (C=O) groups excluding carboxylic acids is 1. The predicted octanol–water partition coefficient (Wildman–Crippen LogP) is 5.64. The predicted molar refractivity (Wildman–Crippen MR) is 126 cm³/mol. The quantitative estimate of drug-likeness (QED) is 0.421. The van der Waals surface area contributed by atoms with Crippen LogP contribution in [0.4, 0.5) is 5.69 Å². The first kappa shape index (κ1) is 20.8. The van der Waals surface area contributed by atoms with Gasteiger partial charge in [0.2, 0.25) is 0 Å². The highest BCUT2D eigenvalue weighted by molar-refractivity contribution is 6.01. The van der Waals surface area contributed by atoms with E-state index in [9.17, 15) is 4.79 Å². The molecule has 0 bridgehead atoms. The third kappa shape index (κ3) is 4.20. The molecule has 3 aromatic carbocycles. The zero-order chi connectivity index (χ0) is 22.8. The van der Waals surface area contributed by atoms with Crippen molar-refractivity contribution in [3.8, 4) is 5.75 Å². The van der Waals surface area contributed by atoms with E-state index >= 15 is 0 Å². The Morgan fingerprint density at radius 3 is 2.42 bits per heavy atom. The van der Waals surface area contributed by atoms with Gasteiger partial charge in [-0.2, -0.15) is 0 Å². The number of fused-ring (bicyclic) bond motifs is 1. The summed E-state index contributed by atoms with van der Waals surface area (Å²) < 4.78 is 11.2. The SMILES string of the molecule is Cc1noc(C)c1COc1ccc([C@@H]2Nc3ccccc3C(=O)N2Cc2ccccc2)cc1. The van der Waals surface area contributed by atoms with E-state index in [2.05, 4.69) is 10.5 Å². The van der Waals surface area contributed by atoms with Gasteiger partial charge in [0.05, 0.1) is 16.8 Å². The molecule has 0 aliphatic carbocycles. The molecule has 4 aromatic rings. The maximum atomic E-state index is 13.4. The molecule has 6 nitrogen and oxygen atoms in total. The highest BCUT2D eigenvalue weighted by atomic mass is 16.5. The zero-order valence-electron chi connectivity index (χ0n) is 18.6. The molecule has 0 unspecified atom stereocenters. The molecule has 2 heterocycles. The standard InChI is InChI=1S/C27H25N3O3/c1-18-24(19(2)33-29-18)17-32-22-14-12-21(13-15-22)26-28-25-11-7-6-10-23(25)27(31)30(26)16-20-8-4-3-5-9-20/h3-15,26,28H,16-17H2,1-2H3/t26-/m1/s1. The Bertz CT molecular complexity index is 1250. The summed E-state index contributed by atoms with van der Waals surface area (Å²) in [6.07, 6.45) is -0.288. The Morgan fingerprint density at radius 1 is 0.970 bits per heavy atom. The molecule has 1 aromatic heterocycles. The second-order valence-corrected chi connectivity index (χ2v) is 8.17. The van der Waals surface area contributed by atoms with E-state index < -0.39 is 0 Å². The van der Waals surface area contributed by atoms with Crippen LogP contribution in [-0.4, -0.2) is 16.0 Å². The summed E-state index contributed by atoms with van der Waals surface area (Å²) in [7, 11) is 0. The van der Waals surface area contributed by atoms with Gasteiger partial charge in [0.25, 0.3) is 5.91 Å². The van der Waals surface area contributed by atoms with Crippen LogP contribution >= 0.6 is 0 Å². The number of amides is 1. The van der Waals surface area contributed by atoms with E-state index in [0.29, 0.717) is 18.7 Å². The summed E-state index contributed by atoms with van der Waals surface area (Å²) in [6, 6.07) is 25.5. The van der Waals surface area contributed by atoms with Crippen molar-refractivity contribution in [2.24, 2.45) is 0 Å². The number of hydrogen-bond donors (Lipinski definition) is 1. The van der Waals surface area contributed by atoms with Crippen LogP contribution in [0.25, 0.3) is 0 Å². The van der Waals surface area contributed by atoms with Crippen molar-refractivity contribution in [3.63, 3.8) is 0 Å². The summed E-state index contributed by atoms with van der Waals surface area (Å²) in [4.78, 5) is 15.3. The molecular weight excluding hydrogens is 414 g/mol. The topological polar surface area (TPSA) is 67.6 Å². The molecule has 1 aliphatic heterocycles. The number of carbonyl (C=O) groups is 1. The average molecular weight is 440 g/mol. The minimum atomic E-state index is -0.288. The molecule has 5 rings (SSSR count). The third-order valence-corrected chi connectivity index (χ3v) is 5.98. The van der Waals surface area contributed by atoms with Gasteiger partial charge in [0, 0.05) is 12.2 Å². The molecule has 0 spiro atoms. The Kier molecular flexibility index (Phi) is 5.57. The minimum absolute atomic E-state index is 0.0111. The Labute approximate surface area is 192 Å². The zero-order valence-corrected chi connectivity index (χ0v) is 18.6. The van der Waals surface area contributed by atoms with Gasteiger partial charge in [0.1, 0.15) is 24.3 Å². The average Bonchev–Trinajstić information content (AvgIpc) is 3.17. The van der Waals surface area contributed by atoms with Crippen LogP contribution < -0.4 is 10.1 Å². The van der Waals surface area contributed by atoms with Crippen molar-refractivity contribution in [2.45, 2.75) is 33.2 Å². The van der Waals surface area contributed by atoms with E-state index in [1.807, 2.05) is 97.6 Å². The summed E-state index contributed by atoms with van der Waals surface area (Å²) in [5.74, 6) is 1.53. The summed E-state index contributed by atoms with van der Waals surface area (Å²) in [6.45, 7) is 4.69. The lowest BCUT2D eigenvalue weighted by atomic mass is 10.0. The molecule has 1 atom stereocenters. The Morgan fingerprint density at radius 2 is 1.70 bits per heavy atom. The van der Waals surface area contributed by atoms with E-state index in [1.165, 1.54) is 0 Å². The van der Waals surface area contributed by atoms with Gasteiger partial charge in [0.15, 0.2) is 0 Å². The molecule has 0 radical (unpaired) electrons. The van der Waals surface area contributed by atoms with Crippen molar-refractivity contribution >= 4 is 11.6 Å². The Hall–Kier alpha value is -4.06. The van der Waals surface area contributed by atoms with Crippen molar-refractivity contribution < 1.29 is 14.1 Å². The number of aryl methyl sites for hydroxylation is 2. The van der Waals surface area contributed by atoms with E-state index in [1.54, 1.807) is 0 Å². The van der Waals surface area contributed by atoms with Gasteiger partial charge in [-0.1, -0.05) is 59.8 Å². The van der Waals surface area contributed by atoms with Crippen LogP contribution in [0.5, 0.6) is 5.75 Å². The number of benzene rings is 3. The van der Waals surface area contributed by atoms with Gasteiger partial charge in [-0.05, 0) is 49.2 Å². The number of aromatic nitrogens is 1. The molecule has 33 heavy (non-hydrogen) atoms. The van der Waals surface area contributed by atoms with Crippen LogP contribution in [-0.2, 0) is 13.2 Å². The largest absolute Gasteiger partial charge is 0.489 e. The van der Waals surface area contributed by atoms with E-state index in [4.69, 9.17) is 9.26 Å². The number of hydrogen-bond acceptors (Lipinski definition) is 5. The summed E-state index contributed by atoms with van der Waals surface area (Å²) in [5.41, 5.74) is 5.39. The number of nitrogens with zero attached hydrogens (tertiary/aromatic N) is 2. The molecule has 1 amide bonds. The minimum Gasteiger partial charge on any atom is -0.489 e. The van der Waals surface area contributed by atoms with E-state index in [-0.39, 0.29) is 12.1 Å². The van der Waals surface area contributed by atoms with Crippen molar-refractivity contribution in [2.75, 3.05) is 5.32 Å². The molecule has 0 saturated carbocycles. The number of nitrogens with one attached hydrogen (secondary N) is 1. The second kappa shape index (κ2) is 8.82. The number of anilines is 1. The lowest BCUT2D eigenvalue weighted by Gasteiger charge is -2.38. The van der Waals surface area contributed by atoms with Crippen molar-refractivity contribution in [1.29, 1.82) is 0 Å². The van der Waals surface area contributed by atoms with Crippen LogP contribution in [0.3, 0.4) is 0 Å². The first-order valence-electron chi connectivity index (χ1n) is 10.9. The van der Waals surface area contributed by atoms with Crippen LogP contribution in [0.2, 0.25) is 0 Å². The van der Waals surface area contributed by atoms with Gasteiger partial charge in [-0.3, -0.25) is 4.79 Å². The monoisotopic (exact) mass is 439 g/mol. The van der Waals surface area contributed by atoms with Gasteiger partial charge in [-0.15, -0.1) is 0 Å². The third-order valence-electron chi connectivity index (χ3n) is 5.98. The van der Waals surface area contributed by atoms with E-state index in [0.717, 1.165) is 39.6 Å². The fourth-order valence-electron chi connectivity index (χ4n) is 4.11. The lowest BCUT2D eigenvalue weighted by molar-refractivity contribution is 0.0666. The molecule has 1 aliphatic rings. The van der Waals surface area contributed by atoms with Crippen LogP contribution in [0.15, 0.2) is 83.4 Å². The van der Waals surface area contributed by atoms with Crippen molar-refractivity contribution in [1.82, 2.24) is 10.1 Å². The number of ether oxygens (including phenoxy) is 1. The second-order valence-electron chi connectivity index (χ2n) is 8.17. The normalized spacial score (nSPS) is 15.2. The maximum Gasteiger partial charge on any atom is 0.258 e. The maximum absolute atomic E-state index is 13.4. The molecule has 1 N–H and O–H groups in total. The number of rotatable bonds is 6.